The maximum Gasteiger partial charge on any atom is 0.246 e. The lowest BCUT2D eigenvalue weighted by Crippen LogP contribution is -2.36. The first-order chi connectivity index (χ1) is 14.6. The van der Waals surface area contributed by atoms with Crippen molar-refractivity contribution >= 4 is 34.6 Å². The van der Waals surface area contributed by atoms with E-state index in [0.717, 1.165) is 61.9 Å². The molecule has 1 saturated heterocycles. The molecule has 2 fully saturated rings. The van der Waals surface area contributed by atoms with Gasteiger partial charge in [0.15, 0.2) is 0 Å². The van der Waals surface area contributed by atoms with Gasteiger partial charge in [-0.3, -0.25) is 9.59 Å². The predicted octanol–water partition coefficient (Wildman–Crippen LogP) is 3.31. The van der Waals surface area contributed by atoms with E-state index in [2.05, 4.69) is 20.9 Å². The second kappa shape index (κ2) is 9.17. The van der Waals surface area contributed by atoms with E-state index < -0.39 is 6.04 Å². The van der Waals surface area contributed by atoms with Crippen molar-refractivity contribution in [2.24, 2.45) is 5.92 Å². The van der Waals surface area contributed by atoms with E-state index in [4.69, 9.17) is 4.74 Å². The normalized spacial score (nSPS) is 17.2. The van der Waals surface area contributed by atoms with Crippen LogP contribution in [0.25, 0.3) is 0 Å². The molecule has 2 aromatic rings. The topological polar surface area (TPSA) is 82.7 Å². The highest BCUT2D eigenvalue weighted by Crippen LogP contribution is 2.30. The van der Waals surface area contributed by atoms with Crippen LogP contribution in [-0.2, 0) is 14.3 Å². The first kappa shape index (κ1) is 20.2. The van der Waals surface area contributed by atoms with Gasteiger partial charge in [0.1, 0.15) is 6.04 Å². The molecule has 3 N–H and O–H groups in total. The van der Waals surface area contributed by atoms with Gasteiger partial charge < -0.3 is 25.6 Å². The number of nitrogens with zero attached hydrogens (tertiary/aromatic N) is 1. The molecule has 4 rings (SSSR count). The van der Waals surface area contributed by atoms with Crippen LogP contribution < -0.4 is 20.9 Å². The Balaban J connectivity index is 1.30. The number of hydrogen-bond donors (Lipinski definition) is 3. The number of nitrogens with one attached hydrogen (secondary N) is 3. The fourth-order valence-corrected chi connectivity index (χ4v) is 3.42. The predicted molar refractivity (Wildman–Crippen MR) is 119 cm³/mol. The first-order valence-electron chi connectivity index (χ1n) is 10.5. The Labute approximate surface area is 176 Å². The average Bonchev–Trinajstić information content (AvgIpc) is 3.61. The molecule has 158 valence electrons. The van der Waals surface area contributed by atoms with Gasteiger partial charge in [0, 0.05) is 41.8 Å². The van der Waals surface area contributed by atoms with Gasteiger partial charge in [-0.25, -0.2) is 0 Å². The Morgan fingerprint density at radius 3 is 2.37 bits per heavy atom. The van der Waals surface area contributed by atoms with E-state index in [1.54, 1.807) is 0 Å². The zero-order chi connectivity index (χ0) is 20.9. The van der Waals surface area contributed by atoms with Crippen LogP contribution >= 0.6 is 0 Å². The number of carbonyl (C=O) groups is 2. The summed E-state index contributed by atoms with van der Waals surface area (Å²) in [4.78, 5) is 26.8. The smallest absolute Gasteiger partial charge is 0.246 e. The summed E-state index contributed by atoms with van der Waals surface area (Å²) in [5.41, 5.74) is 3.42. The third-order valence-corrected chi connectivity index (χ3v) is 5.37. The number of morpholine rings is 1. The van der Waals surface area contributed by atoms with E-state index in [9.17, 15) is 9.59 Å². The van der Waals surface area contributed by atoms with Crippen LogP contribution in [0.15, 0.2) is 48.5 Å². The standard InChI is InChI=1S/C23H28N4O3/c1-16(24-19-3-2-4-20(15-19)26-23(29)17-5-6-17)22(28)25-18-7-9-21(10-8-18)27-11-13-30-14-12-27/h2-4,7-10,15-17,24H,5-6,11-14H2,1H3,(H,25,28)(H,26,29). The van der Waals surface area contributed by atoms with Gasteiger partial charge in [0.2, 0.25) is 11.8 Å². The van der Waals surface area contributed by atoms with Gasteiger partial charge in [0.05, 0.1) is 13.2 Å². The highest BCUT2D eigenvalue weighted by Gasteiger charge is 2.29. The number of ether oxygens (including phenoxy) is 1. The van der Waals surface area contributed by atoms with Crippen molar-refractivity contribution in [2.75, 3.05) is 47.2 Å². The molecule has 7 nitrogen and oxygen atoms in total. The first-order valence-corrected chi connectivity index (χ1v) is 10.5. The molecule has 7 heteroatoms. The maximum absolute atomic E-state index is 12.6. The number of benzene rings is 2. The van der Waals surface area contributed by atoms with Gasteiger partial charge in [-0.05, 0) is 62.2 Å². The lowest BCUT2D eigenvalue weighted by molar-refractivity contribution is -0.117. The van der Waals surface area contributed by atoms with Gasteiger partial charge >= 0.3 is 0 Å². The van der Waals surface area contributed by atoms with Crippen molar-refractivity contribution in [3.8, 4) is 0 Å². The van der Waals surface area contributed by atoms with E-state index in [1.165, 1.54) is 0 Å². The van der Waals surface area contributed by atoms with Crippen LogP contribution in [0.5, 0.6) is 0 Å². The summed E-state index contributed by atoms with van der Waals surface area (Å²) in [6.45, 7) is 5.06. The van der Waals surface area contributed by atoms with Gasteiger partial charge in [-0.2, -0.15) is 0 Å². The molecule has 2 aromatic carbocycles. The molecule has 1 aliphatic carbocycles. The molecule has 2 aliphatic rings. The molecule has 1 heterocycles. The van der Waals surface area contributed by atoms with Crippen molar-refractivity contribution in [3.63, 3.8) is 0 Å². The van der Waals surface area contributed by atoms with Crippen molar-refractivity contribution in [3.05, 3.63) is 48.5 Å². The summed E-state index contributed by atoms with van der Waals surface area (Å²) in [5, 5.41) is 9.07. The highest BCUT2D eigenvalue weighted by atomic mass is 16.5. The van der Waals surface area contributed by atoms with Crippen molar-refractivity contribution in [1.82, 2.24) is 0 Å². The van der Waals surface area contributed by atoms with Crippen LogP contribution in [0.4, 0.5) is 22.7 Å². The third-order valence-electron chi connectivity index (χ3n) is 5.37. The number of carbonyl (C=O) groups excluding carboxylic acids is 2. The van der Waals surface area contributed by atoms with Crippen LogP contribution in [0.2, 0.25) is 0 Å². The van der Waals surface area contributed by atoms with Crippen LogP contribution in [-0.4, -0.2) is 44.2 Å². The zero-order valence-electron chi connectivity index (χ0n) is 17.2. The summed E-state index contributed by atoms with van der Waals surface area (Å²) in [6.07, 6.45) is 1.93. The van der Waals surface area contributed by atoms with Gasteiger partial charge in [-0.1, -0.05) is 6.07 Å². The molecule has 1 unspecified atom stereocenters. The fourth-order valence-electron chi connectivity index (χ4n) is 3.42. The number of amides is 2. The van der Waals surface area contributed by atoms with E-state index in [-0.39, 0.29) is 17.7 Å². The van der Waals surface area contributed by atoms with E-state index in [0.29, 0.717) is 0 Å². The molecule has 30 heavy (non-hydrogen) atoms. The van der Waals surface area contributed by atoms with Crippen molar-refractivity contribution in [1.29, 1.82) is 0 Å². The summed E-state index contributed by atoms with van der Waals surface area (Å²) in [7, 11) is 0. The Kier molecular flexibility index (Phi) is 6.18. The molecule has 1 atom stereocenters. The zero-order valence-corrected chi connectivity index (χ0v) is 17.2. The molecule has 1 saturated carbocycles. The molecular weight excluding hydrogens is 380 g/mol. The summed E-state index contributed by atoms with van der Waals surface area (Å²) < 4.78 is 5.39. The SMILES string of the molecule is CC(Nc1cccc(NC(=O)C2CC2)c1)C(=O)Nc1ccc(N2CCOCC2)cc1. The minimum atomic E-state index is -0.432. The highest BCUT2D eigenvalue weighted by molar-refractivity contribution is 5.97. The molecule has 2 amide bonds. The fraction of sp³-hybridized carbons (Fsp3) is 0.391. The van der Waals surface area contributed by atoms with Crippen molar-refractivity contribution < 1.29 is 14.3 Å². The quantitative estimate of drug-likeness (QED) is 0.655. The van der Waals surface area contributed by atoms with E-state index >= 15 is 0 Å². The van der Waals surface area contributed by atoms with Crippen LogP contribution in [0.3, 0.4) is 0 Å². The molecule has 1 aliphatic heterocycles. The molecule has 0 aromatic heterocycles. The Bertz CT molecular complexity index is 890. The lowest BCUT2D eigenvalue weighted by atomic mass is 10.2. The minimum Gasteiger partial charge on any atom is -0.378 e. The number of rotatable bonds is 7. The summed E-state index contributed by atoms with van der Waals surface area (Å²) >= 11 is 0. The second-order valence-electron chi connectivity index (χ2n) is 7.85. The Morgan fingerprint density at radius 2 is 1.67 bits per heavy atom. The largest absolute Gasteiger partial charge is 0.378 e. The van der Waals surface area contributed by atoms with E-state index in [1.807, 2.05) is 55.5 Å². The Hall–Kier alpha value is -3.06. The minimum absolute atomic E-state index is 0.0680. The maximum atomic E-state index is 12.6. The average molecular weight is 409 g/mol. The summed E-state index contributed by atoms with van der Waals surface area (Å²) in [6, 6.07) is 14.9. The van der Waals surface area contributed by atoms with Gasteiger partial charge in [-0.15, -0.1) is 0 Å². The third kappa shape index (κ3) is 5.30. The van der Waals surface area contributed by atoms with Crippen LogP contribution in [0.1, 0.15) is 19.8 Å². The summed E-state index contributed by atoms with van der Waals surface area (Å²) in [5.74, 6) is 0.0981. The molecular formula is C23H28N4O3. The van der Waals surface area contributed by atoms with Gasteiger partial charge in [0.25, 0.3) is 0 Å². The Morgan fingerprint density at radius 1 is 0.967 bits per heavy atom. The second-order valence-corrected chi connectivity index (χ2v) is 7.85. The monoisotopic (exact) mass is 408 g/mol. The number of anilines is 4. The molecule has 0 bridgehead atoms. The lowest BCUT2D eigenvalue weighted by Gasteiger charge is -2.29. The molecule has 0 radical (unpaired) electrons. The molecule has 0 spiro atoms. The number of hydrogen-bond acceptors (Lipinski definition) is 5. The van der Waals surface area contributed by atoms with Crippen molar-refractivity contribution in [2.45, 2.75) is 25.8 Å². The van der Waals surface area contributed by atoms with Crippen LogP contribution in [0, 0.1) is 5.92 Å².